The quantitative estimate of drug-likeness (QED) is 0.536. The molecule has 27 heavy (non-hydrogen) atoms. The van der Waals surface area contributed by atoms with Gasteiger partial charge in [-0.25, -0.2) is 4.39 Å². The standard InChI is InChI=1S/C22H22ClFN2O/c1-2-12-26(22(27)17-8-5-9-19(24)14-17)16-20-10-6-13-25(20)15-18-7-3-4-11-21(18)23/h3-11,13-14H,2,12,15-16H2,1H3. The first-order valence-corrected chi connectivity index (χ1v) is 9.38. The van der Waals surface area contributed by atoms with Crippen molar-refractivity contribution in [2.45, 2.75) is 26.4 Å². The van der Waals surface area contributed by atoms with Gasteiger partial charge in [0.1, 0.15) is 5.82 Å². The molecule has 1 amide bonds. The third-order valence-electron chi connectivity index (χ3n) is 4.43. The van der Waals surface area contributed by atoms with Crippen LogP contribution < -0.4 is 0 Å². The van der Waals surface area contributed by atoms with Crippen LogP contribution in [0.25, 0.3) is 0 Å². The molecule has 0 aliphatic rings. The van der Waals surface area contributed by atoms with Crippen LogP contribution in [-0.4, -0.2) is 21.9 Å². The number of rotatable bonds is 7. The number of benzene rings is 2. The van der Waals surface area contributed by atoms with E-state index < -0.39 is 5.82 Å². The van der Waals surface area contributed by atoms with Crippen LogP contribution >= 0.6 is 11.6 Å². The van der Waals surface area contributed by atoms with E-state index in [2.05, 4.69) is 4.57 Å². The zero-order valence-electron chi connectivity index (χ0n) is 15.2. The van der Waals surface area contributed by atoms with Gasteiger partial charge in [-0.1, -0.05) is 42.8 Å². The summed E-state index contributed by atoms with van der Waals surface area (Å²) < 4.78 is 15.6. The van der Waals surface area contributed by atoms with E-state index in [0.29, 0.717) is 25.2 Å². The molecule has 0 fully saturated rings. The third-order valence-corrected chi connectivity index (χ3v) is 4.80. The minimum atomic E-state index is -0.403. The van der Waals surface area contributed by atoms with Gasteiger partial charge < -0.3 is 9.47 Å². The highest BCUT2D eigenvalue weighted by atomic mass is 35.5. The van der Waals surface area contributed by atoms with Gasteiger partial charge in [0.15, 0.2) is 0 Å². The van der Waals surface area contributed by atoms with E-state index >= 15 is 0 Å². The Bertz CT molecular complexity index is 922. The lowest BCUT2D eigenvalue weighted by Crippen LogP contribution is -2.32. The Morgan fingerprint density at radius 1 is 1.11 bits per heavy atom. The topological polar surface area (TPSA) is 25.2 Å². The zero-order chi connectivity index (χ0) is 19.2. The van der Waals surface area contributed by atoms with E-state index in [9.17, 15) is 9.18 Å². The molecule has 0 saturated heterocycles. The zero-order valence-corrected chi connectivity index (χ0v) is 16.0. The summed E-state index contributed by atoms with van der Waals surface area (Å²) in [5.41, 5.74) is 2.40. The Hall–Kier alpha value is -2.59. The van der Waals surface area contributed by atoms with Crippen LogP contribution in [0, 0.1) is 5.82 Å². The van der Waals surface area contributed by atoms with Gasteiger partial charge in [-0.3, -0.25) is 4.79 Å². The monoisotopic (exact) mass is 384 g/mol. The van der Waals surface area contributed by atoms with Crippen molar-refractivity contribution in [3.05, 3.63) is 94.5 Å². The van der Waals surface area contributed by atoms with E-state index in [1.807, 2.05) is 49.5 Å². The molecule has 3 nitrogen and oxygen atoms in total. The molecule has 0 aliphatic carbocycles. The average molecular weight is 385 g/mol. The molecule has 140 valence electrons. The Kier molecular flexibility index (Phi) is 6.30. The van der Waals surface area contributed by atoms with E-state index in [1.165, 1.54) is 12.1 Å². The lowest BCUT2D eigenvalue weighted by atomic mass is 10.1. The fourth-order valence-electron chi connectivity index (χ4n) is 3.08. The average Bonchev–Trinajstić information content (AvgIpc) is 3.09. The number of amides is 1. The molecule has 2 aromatic carbocycles. The fourth-order valence-corrected chi connectivity index (χ4v) is 3.27. The number of nitrogens with zero attached hydrogens (tertiary/aromatic N) is 2. The van der Waals surface area contributed by atoms with Crippen molar-refractivity contribution < 1.29 is 9.18 Å². The molecular weight excluding hydrogens is 363 g/mol. The minimum absolute atomic E-state index is 0.165. The second-order valence-electron chi connectivity index (χ2n) is 6.46. The summed E-state index contributed by atoms with van der Waals surface area (Å²) >= 11 is 6.28. The maximum absolute atomic E-state index is 13.5. The summed E-state index contributed by atoms with van der Waals surface area (Å²) in [4.78, 5) is 14.6. The van der Waals surface area contributed by atoms with Gasteiger partial charge in [0.2, 0.25) is 0 Å². The predicted molar refractivity (Wildman–Crippen MR) is 106 cm³/mol. The molecule has 0 saturated carbocycles. The smallest absolute Gasteiger partial charge is 0.254 e. The van der Waals surface area contributed by atoms with Crippen molar-refractivity contribution in [3.63, 3.8) is 0 Å². The van der Waals surface area contributed by atoms with Gasteiger partial charge in [-0.05, 0) is 48.4 Å². The summed E-state index contributed by atoms with van der Waals surface area (Å²) in [5.74, 6) is -0.568. The van der Waals surface area contributed by atoms with Crippen molar-refractivity contribution in [2.24, 2.45) is 0 Å². The lowest BCUT2D eigenvalue weighted by Gasteiger charge is -2.23. The molecule has 1 aromatic heterocycles. The third kappa shape index (κ3) is 4.77. The van der Waals surface area contributed by atoms with Crippen LogP contribution in [0.15, 0.2) is 66.9 Å². The van der Waals surface area contributed by atoms with Crippen LogP contribution in [0.1, 0.15) is 35.0 Å². The molecular formula is C22H22ClFN2O. The molecule has 0 radical (unpaired) electrons. The van der Waals surface area contributed by atoms with Gasteiger partial charge in [0.25, 0.3) is 5.91 Å². The SMILES string of the molecule is CCCN(Cc1cccn1Cc1ccccc1Cl)C(=O)c1cccc(F)c1. The maximum atomic E-state index is 13.5. The first-order chi connectivity index (χ1) is 13.1. The van der Waals surface area contributed by atoms with Crippen molar-refractivity contribution in [1.82, 2.24) is 9.47 Å². The number of carbonyl (C=O) groups excluding carboxylic acids is 1. The minimum Gasteiger partial charge on any atom is -0.345 e. The van der Waals surface area contributed by atoms with Crippen LogP contribution in [0.5, 0.6) is 0 Å². The van der Waals surface area contributed by atoms with Crippen molar-refractivity contribution in [2.75, 3.05) is 6.54 Å². The summed E-state index contributed by atoms with van der Waals surface area (Å²) in [6.07, 6.45) is 2.81. The molecule has 3 rings (SSSR count). The summed E-state index contributed by atoms with van der Waals surface area (Å²) in [6, 6.07) is 17.5. The number of halogens is 2. The molecule has 0 N–H and O–H groups in total. The highest BCUT2D eigenvalue weighted by Gasteiger charge is 2.17. The van der Waals surface area contributed by atoms with E-state index in [0.717, 1.165) is 22.7 Å². The van der Waals surface area contributed by atoms with Crippen molar-refractivity contribution in [1.29, 1.82) is 0 Å². The predicted octanol–water partition coefficient (Wildman–Crippen LogP) is 5.38. The lowest BCUT2D eigenvalue weighted by molar-refractivity contribution is 0.0739. The second kappa shape index (κ2) is 8.87. The summed E-state index contributed by atoms with van der Waals surface area (Å²) in [7, 11) is 0. The normalized spacial score (nSPS) is 10.8. The molecule has 3 aromatic rings. The molecule has 0 spiro atoms. The van der Waals surface area contributed by atoms with E-state index in [4.69, 9.17) is 11.6 Å². The van der Waals surface area contributed by atoms with Crippen LogP contribution in [0.4, 0.5) is 4.39 Å². The molecule has 0 aliphatic heterocycles. The number of aromatic nitrogens is 1. The fraction of sp³-hybridized carbons (Fsp3) is 0.227. The first-order valence-electron chi connectivity index (χ1n) is 9.00. The van der Waals surface area contributed by atoms with Gasteiger partial charge in [-0.2, -0.15) is 0 Å². The van der Waals surface area contributed by atoms with E-state index in [1.54, 1.807) is 17.0 Å². The van der Waals surface area contributed by atoms with Gasteiger partial charge in [-0.15, -0.1) is 0 Å². The molecule has 0 bridgehead atoms. The van der Waals surface area contributed by atoms with Crippen LogP contribution in [0.2, 0.25) is 5.02 Å². The van der Waals surface area contributed by atoms with Crippen LogP contribution in [-0.2, 0) is 13.1 Å². The highest BCUT2D eigenvalue weighted by Crippen LogP contribution is 2.19. The molecule has 0 atom stereocenters. The van der Waals surface area contributed by atoms with E-state index in [-0.39, 0.29) is 5.91 Å². The number of carbonyl (C=O) groups is 1. The Labute approximate surface area is 164 Å². The Morgan fingerprint density at radius 2 is 1.93 bits per heavy atom. The molecule has 5 heteroatoms. The van der Waals surface area contributed by atoms with Crippen LogP contribution in [0.3, 0.4) is 0 Å². The first kappa shape index (κ1) is 19.2. The van der Waals surface area contributed by atoms with Crippen molar-refractivity contribution in [3.8, 4) is 0 Å². The van der Waals surface area contributed by atoms with Gasteiger partial charge >= 0.3 is 0 Å². The number of hydrogen-bond donors (Lipinski definition) is 0. The van der Waals surface area contributed by atoms with Gasteiger partial charge in [0.05, 0.1) is 6.54 Å². The maximum Gasteiger partial charge on any atom is 0.254 e. The number of hydrogen-bond acceptors (Lipinski definition) is 1. The van der Waals surface area contributed by atoms with Crippen molar-refractivity contribution >= 4 is 17.5 Å². The highest BCUT2D eigenvalue weighted by molar-refractivity contribution is 6.31. The van der Waals surface area contributed by atoms with Gasteiger partial charge in [0, 0.05) is 35.6 Å². The largest absolute Gasteiger partial charge is 0.345 e. The Morgan fingerprint density at radius 3 is 2.67 bits per heavy atom. The summed E-state index contributed by atoms with van der Waals surface area (Å²) in [5, 5.41) is 0.721. The Balaban J connectivity index is 1.81. The summed E-state index contributed by atoms with van der Waals surface area (Å²) in [6.45, 7) is 3.72. The molecule has 0 unspecified atom stereocenters. The second-order valence-corrected chi connectivity index (χ2v) is 6.86. The molecule has 1 heterocycles.